The number of nitrogens with one attached hydrogen (secondary N) is 2. The number of morpholine rings is 1. The van der Waals surface area contributed by atoms with Crippen LogP contribution in [0.25, 0.3) is 10.1 Å². The second-order valence-electron chi connectivity index (χ2n) is 7.86. The summed E-state index contributed by atoms with van der Waals surface area (Å²) in [6.07, 6.45) is 0.212. The first-order valence-corrected chi connectivity index (χ1v) is 11.7. The molecule has 2 heterocycles. The molecule has 2 amide bonds. The minimum atomic E-state index is -0.610. The number of hydrogen-bond donors (Lipinski definition) is 2. The maximum Gasteiger partial charge on any atom is 0.266 e. The number of thiophene rings is 1. The Bertz CT molecular complexity index is 1190. The van der Waals surface area contributed by atoms with Gasteiger partial charge in [0.1, 0.15) is 11.6 Å². The van der Waals surface area contributed by atoms with Gasteiger partial charge in [-0.2, -0.15) is 0 Å². The Balaban J connectivity index is 1.47. The Morgan fingerprint density at radius 2 is 1.91 bits per heavy atom. The van der Waals surface area contributed by atoms with E-state index in [1.807, 2.05) is 0 Å². The number of halogens is 2. The van der Waals surface area contributed by atoms with Crippen LogP contribution in [-0.4, -0.2) is 56.7 Å². The standard InChI is InChI=1S/C24H25F2N3O4S/c1-32-14-16-22-18(26)3-2-4-20(22)34-23(16)24(31)27-15-5-6-17(25)19(13-15)28-21(30)7-8-29-9-11-33-12-10-29/h2-6,13H,7-12,14H2,1H3,(H,27,31)(H,28,30). The fourth-order valence-corrected chi connectivity index (χ4v) is 4.93. The molecule has 2 N–H and O–H groups in total. The van der Waals surface area contributed by atoms with Crippen molar-refractivity contribution in [3.63, 3.8) is 0 Å². The van der Waals surface area contributed by atoms with Gasteiger partial charge in [-0.1, -0.05) is 6.07 Å². The van der Waals surface area contributed by atoms with Gasteiger partial charge >= 0.3 is 0 Å². The van der Waals surface area contributed by atoms with Gasteiger partial charge in [-0.05, 0) is 30.3 Å². The van der Waals surface area contributed by atoms with Crippen LogP contribution in [0.15, 0.2) is 36.4 Å². The van der Waals surface area contributed by atoms with Crippen LogP contribution >= 0.6 is 11.3 Å². The van der Waals surface area contributed by atoms with Crippen LogP contribution in [0.1, 0.15) is 21.7 Å². The monoisotopic (exact) mass is 489 g/mol. The largest absolute Gasteiger partial charge is 0.380 e. The topological polar surface area (TPSA) is 79.9 Å². The van der Waals surface area contributed by atoms with E-state index in [0.29, 0.717) is 46.0 Å². The molecule has 0 spiro atoms. The average Bonchev–Trinajstić information content (AvgIpc) is 3.21. The Labute approximate surface area is 199 Å². The third-order valence-electron chi connectivity index (χ3n) is 5.52. The van der Waals surface area contributed by atoms with Gasteiger partial charge in [0.25, 0.3) is 5.91 Å². The van der Waals surface area contributed by atoms with Crippen LogP contribution in [0.5, 0.6) is 0 Å². The summed E-state index contributed by atoms with van der Waals surface area (Å²) in [5.74, 6) is -1.83. The van der Waals surface area contributed by atoms with E-state index < -0.39 is 17.5 Å². The molecule has 0 saturated carbocycles. The van der Waals surface area contributed by atoms with Gasteiger partial charge in [0, 0.05) is 54.5 Å². The Hall–Kier alpha value is -2.92. The Kier molecular flexibility index (Phi) is 7.84. The number of carbonyl (C=O) groups is 2. The normalized spacial score (nSPS) is 14.3. The highest BCUT2D eigenvalue weighted by Crippen LogP contribution is 2.34. The van der Waals surface area contributed by atoms with Crippen molar-refractivity contribution in [2.45, 2.75) is 13.0 Å². The third-order valence-corrected chi connectivity index (χ3v) is 6.71. The van der Waals surface area contributed by atoms with Gasteiger partial charge < -0.3 is 20.1 Å². The quantitative estimate of drug-likeness (QED) is 0.495. The summed E-state index contributed by atoms with van der Waals surface area (Å²) in [6.45, 7) is 3.41. The maximum atomic E-state index is 14.4. The number of methoxy groups -OCH3 is 1. The van der Waals surface area contributed by atoms with Crippen LogP contribution in [0, 0.1) is 11.6 Å². The van der Waals surface area contributed by atoms with Crippen LogP contribution in [0.4, 0.5) is 20.2 Å². The fourth-order valence-electron chi connectivity index (χ4n) is 3.82. The maximum absolute atomic E-state index is 14.4. The van der Waals surface area contributed by atoms with Crippen molar-refractivity contribution in [2.24, 2.45) is 0 Å². The molecule has 1 aliphatic heterocycles. The average molecular weight is 490 g/mol. The second kappa shape index (κ2) is 11.0. The number of hydrogen-bond acceptors (Lipinski definition) is 6. The molecule has 180 valence electrons. The number of anilines is 2. The minimum absolute atomic E-state index is 0.0238. The van der Waals surface area contributed by atoms with E-state index in [0.717, 1.165) is 24.4 Å². The molecule has 1 saturated heterocycles. The summed E-state index contributed by atoms with van der Waals surface area (Å²) in [4.78, 5) is 27.8. The fraction of sp³-hybridized carbons (Fsp3) is 0.333. The number of ether oxygens (including phenoxy) is 2. The number of fused-ring (bicyclic) bond motifs is 1. The van der Waals surface area contributed by atoms with E-state index >= 15 is 0 Å². The molecule has 10 heteroatoms. The molecule has 3 aromatic rings. The van der Waals surface area contributed by atoms with E-state index in [4.69, 9.17) is 9.47 Å². The molecule has 0 aliphatic carbocycles. The van der Waals surface area contributed by atoms with Crippen molar-refractivity contribution in [3.05, 3.63) is 58.5 Å². The second-order valence-corrected chi connectivity index (χ2v) is 8.91. The van der Waals surface area contributed by atoms with Crippen LogP contribution in [0.2, 0.25) is 0 Å². The first kappa shape index (κ1) is 24.2. The highest BCUT2D eigenvalue weighted by atomic mass is 32.1. The minimum Gasteiger partial charge on any atom is -0.380 e. The molecule has 1 aromatic heterocycles. The predicted molar refractivity (Wildman–Crippen MR) is 127 cm³/mol. The molecule has 34 heavy (non-hydrogen) atoms. The van der Waals surface area contributed by atoms with Crippen LogP contribution in [0.3, 0.4) is 0 Å². The predicted octanol–water partition coefficient (Wildman–Crippen LogP) is 4.24. The van der Waals surface area contributed by atoms with Gasteiger partial charge in [0.05, 0.1) is 30.4 Å². The lowest BCUT2D eigenvalue weighted by atomic mass is 10.1. The summed E-state index contributed by atoms with van der Waals surface area (Å²) in [6, 6.07) is 8.60. The summed E-state index contributed by atoms with van der Waals surface area (Å²) < 4.78 is 39.8. The van der Waals surface area contributed by atoms with Crippen molar-refractivity contribution < 1.29 is 27.8 Å². The smallest absolute Gasteiger partial charge is 0.266 e. The van der Waals surface area contributed by atoms with Crippen molar-refractivity contribution in [1.29, 1.82) is 0 Å². The summed E-state index contributed by atoms with van der Waals surface area (Å²) in [5.41, 5.74) is 0.734. The molecule has 0 bridgehead atoms. The lowest BCUT2D eigenvalue weighted by Gasteiger charge is -2.26. The zero-order chi connectivity index (χ0) is 24.1. The third kappa shape index (κ3) is 5.58. The summed E-state index contributed by atoms with van der Waals surface area (Å²) >= 11 is 1.15. The molecule has 0 unspecified atom stereocenters. The van der Waals surface area contributed by atoms with E-state index in [9.17, 15) is 18.4 Å². The lowest BCUT2D eigenvalue weighted by Crippen LogP contribution is -2.38. The zero-order valence-corrected chi connectivity index (χ0v) is 19.5. The van der Waals surface area contributed by atoms with Crippen molar-refractivity contribution in [1.82, 2.24) is 4.90 Å². The van der Waals surface area contributed by atoms with Gasteiger partial charge in [0.15, 0.2) is 0 Å². The number of rotatable bonds is 8. The van der Waals surface area contributed by atoms with Crippen molar-refractivity contribution >= 4 is 44.6 Å². The molecule has 0 radical (unpaired) electrons. The Morgan fingerprint density at radius 1 is 1.12 bits per heavy atom. The van der Waals surface area contributed by atoms with E-state index in [1.165, 1.54) is 31.4 Å². The number of benzene rings is 2. The SMILES string of the molecule is COCc1c(C(=O)Nc2ccc(F)c(NC(=O)CCN3CCOCC3)c2)sc2cccc(F)c12. The number of amides is 2. The first-order valence-electron chi connectivity index (χ1n) is 10.9. The molecule has 2 aromatic carbocycles. The van der Waals surface area contributed by atoms with Gasteiger partial charge in [-0.25, -0.2) is 8.78 Å². The summed E-state index contributed by atoms with van der Waals surface area (Å²) in [5, 5.41) is 5.64. The van der Waals surface area contributed by atoms with Gasteiger partial charge in [-0.15, -0.1) is 11.3 Å². The molecule has 7 nitrogen and oxygen atoms in total. The highest BCUT2D eigenvalue weighted by Gasteiger charge is 2.21. The van der Waals surface area contributed by atoms with Crippen LogP contribution < -0.4 is 10.6 Å². The van der Waals surface area contributed by atoms with Gasteiger partial charge in [0.2, 0.25) is 5.91 Å². The summed E-state index contributed by atoms with van der Waals surface area (Å²) in [7, 11) is 1.47. The first-order chi connectivity index (χ1) is 16.5. The number of nitrogens with zero attached hydrogens (tertiary/aromatic N) is 1. The van der Waals surface area contributed by atoms with Crippen LogP contribution in [-0.2, 0) is 20.9 Å². The molecule has 0 atom stereocenters. The highest BCUT2D eigenvalue weighted by molar-refractivity contribution is 7.21. The van der Waals surface area contributed by atoms with E-state index in [2.05, 4.69) is 15.5 Å². The van der Waals surface area contributed by atoms with Crippen molar-refractivity contribution in [3.8, 4) is 0 Å². The molecule has 4 rings (SSSR count). The molecule has 1 fully saturated rings. The number of carbonyl (C=O) groups excluding carboxylic acids is 2. The Morgan fingerprint density at radius 3 is 2.68 bits per heavy atom. The van der Waals surface area contributed by atoms with Crippen molar-refractivity contribution in [2.75, 3.05) is 50.6 Å². The van der Waals surface area contributed by atoms with E-state index in [-0.39, 0.29) is 24.6 Å². The molecular weight excluding hydrogens is 464 g/mol. The molecule has 1 aliphatic rings. The zero-order valence-electron chi connectivity index (χ0n) is 18.7. The molecular formula is C24H25F2N3O4S. The lowest BCUT2D eigenvalue weighted by molar-refractivity contribution is -0.116. The van der Waals surface area contributed by atoms with E-state index in [1.54, 1.807) is 12.1 Å². The van der Waals surface area contributed by atoms with Gasteiger partial charge in [-0.3, -0.25) is 14.5 Å².